The molecule has 154 valence electrons. The molecule has 3 atom stereocenters. The predicted molar refractivity (Wildman–Crippen MR) is 127 cm³/mol. The van der Waals surface area contributed by atoms with Crippen LogP contribution in [0.2, 0.25) is 0 Å². The van der Waals surface area contributed by atoms with Crippen molar-refractivity contribution in [3.8, 4) is 12.1 Å². The molecule has 0 radical (unpaired) electrons. The highest BCUT2D eigenvalue weighted by atomic mass is 79.9. The van der Waals surface area contributed by atoms with E-state index in [4.69, 9.17) is 0 Å². The molecule has 0 unspecified atom stereocenters. The zero-order valence-electron chi connectivity index (χ0n) is 17.0. The fraction of sp³-hybridized carbons (Fsp3) is 0.148. The van der Waals surface area contributed by atoms with Crippen LogP contribution in [-0.4, -0.2) is 17.9 Å². The minimum absolute atomic E-state index is 0.0963. The second-order valence-electron chi connectivity index (χ2n) is 8.07. The van der Waals surface area contributed by atoms with Crippen LogP contribution in [0.3, 0.4) is 0 Å². The van der Waals surface area contributed by atoms with Crippen LogP contribution in [0.25, 0.3) is 6.08 Å². The van der Waals surface area contributed by atoms with E-state index in [1.165, 1.54) is 0 Å². The van der Waals surface area contributed by atoms with Crippen LogP contribution in [0.4, 0.5) is 5.69 Å². The summed E-state index contributed by atoms with van der Waals surface area (Å²) in [6.07, 6.45) is 3.85. The lowest BCUT2D eigenvalue weighted by Gasteiger charge is -2.35. The molecule has 0 aromatic heterocycles. The molecule has 1 fully saturated rings. The molecule has 32 heavy (non-hydrogen) atoms. The van der Waals surface area contributed by atoms with E-state index >= 15 is 0 Å². The maximum absolute atomic E-state index is 14.0. The van der Waals surface area contributed by atoms with Crippen molar-refractivity contribution in [3.05, 3.63) is 106 Å². The van der Waals surface area contributed by atoms with Crippen LogP contribution in [-0.2, 0) is 0 Å². The molecule has 5 heteroatoms. The second-order valence-corrected chi connectivity index (χ2v) is 8.98. The van der Waals surface area contributed by atoms with E-state index in [1.807, 2.05) is 83.8 Å². The lowest BCUT2D eigenvalue weighted by atomic mass is 9.69. The minimum atomic E-state index is -1.42. The number of Topliss-reactive ketones (excluding diaryl/α,β-unsaturated/α-hetero) is 1. The molecule has 0 bridgehead atoms. The molecule has 2 aliphatic heterocycles. The van der Waals surface area contributed by atoms with Crippen LogP contribution >= 0.6 is 15.9 Å². The number of carbonyl (C=O) groups is 1. The van der Waals surface area contributed by atoms with Gasteiger partial charge in [0.1, 0.15) is 6.04 Å². The largest absolute Gasteiger partial charge is 0.351 e. The number of para-hydroxylation sites is 1. The lowest BCUT2D eigenvalue weighted by Crippen LogP contribution is -2.44. The first kappa shape index (κ1) is 20.2. The zero-order chi connectivity index (χ0) is 22.3. The number of fused-ring (bicyclic) bond motifs is 3. The van der Waals surface area contributed by atoms with Crippen molar-refractivity contribution in [1.82, 2.24) is 0 Å². The van der Waals surface area contributed by atoms with Crippen molar-refractivity contribution in [1.29, 1.82) is 10.5 Å². The SMILES string of the molecule is N#CC1(C#N)[C@H](c2ccc(Br)cc2)[C@H](C(=O)c2ccccc2)N2c3ccccc3C=C[C@@H]21. The van der Waals surface area contributed by atoms with Crippen LogP contribution in [0.15, 0.2) is 89.4 Å². The van der Waals surface area contributed by atoms with Crippen LogP contribution < -0.4 is 4.90 Å². The quantitative estimate of drug-likeness (QED) is 0.449. The number of benzene rings is 3. The van der Waals surface area contributed by atoms with Crippen molar-refractivity contribution >= 4 is 33.5 Å². The molecule has 4 nitrogen and oxygen atoms in total. The van der Waals surface area contributed by atoms with Crippen LogP contribution in [0.1, 0.15) is 27.4 Å². The molecule has 2 heterocycles. The van der Waals surface area contributed by atoms with Gasteiger partial charge in [-0.2, -0.15) is 10.5 Å². The lowest BCUT2D eigenvalue weighted by molar-refractivity contribution is 0.0951. The van der Waals surface area contributed by atoms with Gasteiger partial charge in [0.25, 0.3) is 0 Å². The summed E-state index contributed by atoms with van der Waals surface area (Å²) in [7, 11) is 0. The maximum atomic E-state index is 14.0. The summed E-state index contributed by atoms with van der Waals surface area (Å²) in [6.45, 7) is 0. The van der Waals surface area contributed by atoms with Crippen molar-refractivity contribution in [3.63, 3.8) is 0 Å². The van der Waals surface area contributed by atoms with Gasteiger partial charge in [0, 0.05) is 21.6 Å². The van der Waals surface area contributed by atoms with Crippen LogP contribution in [0, 0.1) is 28.1 Å². The third-order valence-corrected chi connectivity index (χ3v) is 7.00. The topological polar surface area (TPSA) is 67.9 Å². The molecular weight excluding hydrogens is 462 g/mol. The smallest absolute Gasteiger partial charge is 0.185 e. The van der Waals surface area contributed by atoms with Gasteiger partial charge < -0.3 is 4.90 Å². The molecule has 3 aromatic rings. The first-order valence-electron chi connectivity index (χ1n) is 10.3. The van der Waals surface area contributed by atoms with Gasteiger partial charge in [0.2, 0.25) is 0 Å². The Labute approximate surface area is 195 Å². The maximum Gasteiger partial charge on any atom is 0.185 e. The Bertz CT molecular complexity index is 1290. The van der Waals surface area contributed by atoms with E-state index in [0.717, 1.165) is 21.3 Å². The van der Waals surface area contributed by atoms with E-state index in [-0.39, 0.29) is 5.78 Å². The normalized spacial score (nSPS) is 22.3. The van der Waals surface area contributed by atoms with E-state index in [1.54, 1.807) is 12.1 Å². The van der Waals surface area contributed by atoms with Crippen molar-refractivity contribution in [2.24, 2.45) is 5.41 Å². The summed E-state index contributed by atoms with van der Waals surface area (Å²) >= 11 is 3.46. The molecule has 0 amide bonds. The first-order valence-corrected chi connectivity index (χ1v) is 11.1. The van der Waals surface area contributed by atoms with Gasteiger partial charge in [-0.25, -0.2) is 0 Å². The number of nitrogens with zero attached hydrogens (tertiary/aromatic N) is 3. The van der Waals surface area contributed by atoms with Crippen molar-refractivity contribution in [2.75, 3.05) is 4.90 Å². The average molecular weight is 480 g/mol. The molecule has 0 N–H and O–H groups in total. The van der Waals surface area contributed by atoms with E-state index in [0.29, 0.717) is 5.56 Å². The third kappa shape index (κ3) is 2.90. The predicted octanol–water partition coefficient (Wildman–Crippen LogP) is 5.73. The Morgan fingerprint density at radius 1 is 0.906 bits per heavy atom. The fourth-order valence-corrected chi connectivity index (χ4v) is 5.32. The molecule has 2 aliphatic rings. The fourth-order valence-electron chi connectivity index (χ4n) is 5.05. The Hall–Kier alpha value is -3.67. The molecular formula is C27H18BrN3O. The summed E-state index contributed by atoms with van der Waals surface area (Å²) in [5.74, 6) is -0.722. The van der Waals surface area contributed by atoms with Gasteiger partial charge in [0.05, 0.1) is 18.2 Å². The van der Waals surface area contributed by atoms with Gasteiger partial charge in [0.15, 0.2) is 11.2 Å². The highest BCUT2D eigenvalue weighted by molar-refractivity contribution is 9.10. The van der Waals surface area contributed by atoms with E-state index in [9.17, 15) is 15.3 Å². The summed E-state index contributed by atoms with van der Waals surface area (Å²) in [4.78, 5) is 16.0. The highest BCUT2D eigenvalue weighted by Crippen LogP contribution is 2.55. The average Bonchev–Trinajstić information content (AvgIpc) is 3.15. The summed E-state index contributed by atoms with van der Waals surface area (Å²) in [6, 6.07) is 27.9. The molecule has 0 spiro atoms. The van der Waals surface area contributed by atoms with Gasteiger partial charge in [-0.3, -0.25) is 4.79 Å². The minimum Gasteiger partial charge on any atom is -0.351 e. The van der Waals surface area contributed by atoms with Crippen LogP contribution in [0.5, 0.6) is 0 Å². The number of anilines is 1. The monoisotopic (exact) mass is 479 g/mol. The number of rotatable bonds is 3. The second kappa shape index (κ2) is 7.79. The molecule has 5 rings (SSSR count). The Kier molecular flexibility index (Phi) is 4.93. The molecule has 0 saturated carbocycles. The molecule has 0 aliphatic carbocycles. The highest BCUT2D eigenvalue weighted by Gasteiger charge is 2.63. The number of nitriles is 2. The number of ketones is 1. The van der Waals surface area contributed by atoms with E-state index in [2.05, 4.69) is 28.1 Å². The zero-order valence-corrected chi connectivity index (χ0v) is 18.6. The first-order chi connectivity index (χ1) is 15.6. The molecule has 1 saturated heterocycles. The summed E-state index contributed by atoms with van der Waals surface area (Å²) in [5, 5.41) is 20.8. The standard InChI is InChI=1S/C27H18BrN3O/c28-21-13-10-19(11-14-21)24-25(26(32)20-7-2-1-3-8-20)31-22-9-5-4-6-18(22)12-15-23(31)27(24,16-29)17-30/h1-15,23-25H/t23-,24-,25-/m1/s1. The van der Waals surface area contributed by atoms with E-state index < -0.39 is 23.4 Å². The third-order valence-electron chi connectivity index (χ3n) is 6.47. The Morgan fingerprint density at radius 2 is 1.56 bits per heavy atom. The van der Waals surface area contributed by atoms with Crippen molar-refractivity contribution in [2.45, 2.75) is 18.0 Å². The number of halogens is 1. The van der Waals surface area contributed by atoms with Gasteiger partial charge >= 0.3 is 0 Å². The number of hydrogen-bond donors (Lipinski definition) is 0. The number of carbonyl (C=O) groups excluding carboxylic acids is 1. The number of hydrogen-bond acceptors (Lipinski definition) is 4. The molecule has 3 aromatic carbocycles. The van der Waals surface area contributed by atoms with Gasteiger partial charge in [-0.05, 0) is 29.3 Å². The van der Waals surface area contributed by atoms with Crippen molar-refractivity contribution < 1.29 is 4.79 Å². The summed E-state index contributed by atoms with van der Waals surface area (Å²) in [5.41, 5.74) is 1.77. The Balaban J connectivity index is 1.79. The van der Waals surface area contributed by atoms with Gasteiger partial charge in [-0.15, -0.1) is 0 Å². The Morgan fingerprint density at radius 3 is 2.25 bits per heavy atom. The summed E-state index contributed by atoms with van der Waals surface area (Å²) < 4.78 is 0.896. The van der Waals surface area contributed by atoms with Gasteiger partial charge in [-0.1, -0.05) is 88.7 Å².